The fourth-order valence-corrected chi connectivity index (χ4v) is 3.80. The SMILES string of the molecule is CCCCCON(C(=O)CCCC)C(CC(O)c1nc(C(=O)OCC)cs1)C(C)C. The van der Waals surface area contributed by atoms with Gasteiger partial charge in [-0.1, -0.05) is 47.0 Å². The fourth-order valence-electron chi connectivity index (χ4n) is 3.01. The number of ether oxygens (including phenoxy) is 1. The quantitative estimate of drug-likeness (QED) is 0.236. The van der Waals surface area contributed by atoms with E-state index in [2.05, 4.69) is 11.9 Å². The first-order valence-corrected chi connectivity index (χ1v) is 12.0. The first-order chi connectivity index (χ1) is 14.3. The lowest BCUT2D eigenvalue weighted by atomic mass is 9.97. The third kappa shape index (κ3) is 8.70. The van der Waals surface area contributed by atoms with E-state index in [1.165, 1.54) is 16.4 Å². The lowest BCUT2D eigenvalue weighted by Gasteiger charge is -2.34. The number of amides is 1. The van der Waals surface area contributed by atoms with Gasteiger partial charge in [0.25, 0.3) is 0 Å². The molecule has 172 valence electrons. The number of hydrogen-bond donors (Lipinski definition) is 1. The Kier molecular flexibility index (Phi) is 12.8. The van der Waals surface area contributed by atoms with Gasteiger partial charge in [-0.25, -0.2) is 14.8 Å². The summed E-state index contributed by atoms with van der Waals surface area (Å²) in [4.78, 5) is 34.8. The van der Waals surface area contributed by atoms with Gasteiger partial charge in [0.05, 0.1) is 19.3 Å². The maximum absolute atomic E-state index is 12.8. The van der Waals surface area contributed by atoms with E-state index in [1.807, 2.05) is 20.8 Å². The van der Waals surface area contributed by atoms with Gasteiger partial charge >= 0.3 is 5.97 Å². The summed E-state index contributed by atoms with van der Waals surface area (Å²) < 4.78 is 4.96. The zero-order valence-corrected chi connectivity index (χ0v) is 19.9. The van der Waals surface area contributed by atoms with Gasteiger partial charge in [0.2, 0.25) is 5.91 Å². The Hall–Kier alpha value is -1.51. The molecule has 1 rings (SSSR count). The molecule has 1 aromatic rings. The molecule has 0 saturated carbocycles. The third-order valence-electron chi connectivity index (χ3n) is 4.80. The van der Waals surface area contributed by atoms with Crippen molar-refractivity contribution in [2.75, 3.05) is 13.2 Å². The number of unbranched alkanes of at least 4 members (excludes halogenated alkanes) is 3. The van der Waals surface area contributed by atoms with Crippen molar-refractivity contribution in [2.24, 2.45) is 5.92 Å². The van der Waals surface area contributed by atoms with E-state index in [4.69, 9.17) is 9.57 Å². The van der Waals surface area contributed by atoms with Gasteiger partial charge in [0.1, 0.15) is 11.1 Å². The first kappa shape index (κ1) is 26.5. The number of carbonyl (C=O) groups is 2. The van der Waals surface area contributed by atoms with Crippen molar-refractivity contribution < 1.29 is 24.3 Å². The van der Waals surface area contributed by atoms with Gasteiger partial charge in [-0.15, -0.1) is 11.3 Å². The van der Waals surface area contributed by atoms with Gasteiger partial charge < -0.3 is 9.84 Å². The van der Waals surface area contributed by atoms with Crippen molar-refractivity contribution in [1.29, 1.82) is 0 Å². The molecule has 8 heteroatoms. The van der Waals surface area contributed by atoms with Crippen LogP contribution in [0, 0.1) is 5.92 Å². The van der Waals surface area contributed by atoms with Crippen molar-refractivity contribution in [2.45, 2.75) is 91.7 Å². The number of carbonyl (C=O) groups excluding carboxylic acids is 2. The van der Waals surface area contributed by atoms with Crippen LogP contribution in [-0.4, -0.2) is 46.3 Å². The zero-order valence-electron chi connectivity index (χ0n) is 19.1. The number of aliphatic hydroxyl groups excluding tert-OH is 1. The number of hydrogen-bond acceptors (Lipinski definition) is 7. The molecule has 2 atom stereocenters. The van der Waals surface area contributed by atoms with Crippen LogP contribution >= 0.6 is 11.3 Å². The predicted molar refractivity (Wildman–Crippen MR) is 118 cm³/mol. The van der Waals surface area contributed by atoms with Crippen molar-refractivity contribution in [3.63, 3.8) is 0 Å². The molecule has 0 bridgehead atoms. The maximum atomic E-state index is 12.8. The van der Waals surface area contributed by atoms with Crippen molar-refractivity contribution >= 4 is 23.2 Å². The highest BCUT2D eigenvalue weighted by Gasteiger charge is 2.31. The number of aliphatic hydroxyl groups is 1. The Bertz CT molecular complexity index is 635. The second kappa shape index (κ2) is 14.5. The summed E-state index contributed by atoms with van der Waals surface area (Å²) in [5.41, 5.74) is 0.198. The molecule has 0 aliphatic heterocycles. The van der Waals surface area contributed by atoms with E-state index < -0.39 is 12.1 Å². The molecule has 2 unspecified atom stereocenters. The number of esters is 1. The van der Waals surface area contributed by atoms with Crippen LogP contribution in [0.5, 0.6) is 0 Å². The van der Waals surface area contributed by atoms with Gasteiger partial charge in [-0.05, 0) is 25.7 Å². The smallest absolute Gasteiger partial charge is 0.357 e. The Morgan fingerprint density at radius 3 is 2.47 bits per heavy atom. The molecule has 0 aliphatic rings. The van der Waals surface area contributed by atoms with E-state index in [0.29, 0.717) is 24.5 Å². The summed E-state index contributed by atoms with van der Waals surface area (Å²) in [5, 5.41) is 14.3. The largest absolute Gasteiger partial charge is 0.461 e. The fraction of sp³-hybridized carbons (Fsp3) is 0.773. The Balaban J connectivity index is 2.91. The summed E-state index contributed by atoms with van der Waals surface area (Å²) >= 11 is 1.22. The van der Waals surface area contributed by atoms with E-state index in [1.54, 1.807) is 12.3 Å². The first-order valence-electron chi connectivity index (χ1n) is 11.1. The van der Waals surface area contributed by atoms with E-state index in [0.717, 1.165) is 32.1 Å². The summed E-state index contributed by atoms with van der Waals surface area (Å²) in [6.45, 7) is 10.7. The summed E-state index contributed by atoms with van der Waals surface area (Å²) in [7, 11) is 0. The van der Waals surface area contributed by atoms with Crippen LogP contribution in [0.2, 0.25) is 0 Å². The maximum Gasteiger partial charge on any atom is 0.357 e. The minimum absolute atomic E-state index is 0.0504. The standard InChI is InChI=1S/C22H38N2O5S/c1-6-9-11-13-29-24(20(26)12-10-7-2)18(16(4)5)14-19(25)21-23-17(15-30-21)22(27)28-8-3/h15-16,18-19,25H,6-14H2,1-5H3. The molecule has 0 saturated heterocycles. The lowest BCUT2D eigenvalue weighted by molar-refractivity contribution is -0.209. The minimum atomic E-state index is -0.897. The molecule has 1 heterocycles. The number of hydroxylamine groups is 2. The average Bonchev–Trinajstić information content (AvgIpc) is 3.21. The van der Waals surface area contributed by atoms with Crippen molar-refractivity contribution in [3.8, 4) is 0 Å². The van der Waals surface area contributed by atoms with Gasteiger partial charge in [-0.3, -0.25) is 9.63 Å². The van der Waals surface area contributed by atoms with Crippen molar-refractivity contribution in [1.82, 2.24) is 10.0 Å². The molecule has 1 N–H and O–H groups in total. The highest BCUT2D eigenvalue weighted by molar-refractivity contribution is 7.09. The highest BCUT2D eigenvalue weighted by atomic mass is 32.1. The molecule has 0 radical (unpaired) electrons. The Morgan fingerprint density at radius 1 is 1.17 bits per heavy atom. The number of rotatable bonds is 15. The van der Waals surface area contributed by atoms with Crippen LogP contribution in [0.15, 0.2) is 5.38 Å². The molecule has 1 aromatic heterocycles. The average molecular weight is 443 g/mol. The summed E-state index contributed by atoms with van der Waals surface area (Å²) in [6, 6.07) is -0.291. The van der Waals surface area contributed by atoms with Crippen LogP contribution in [-0.2, 0) is 14.4 Å². The van der Waals surface area contributed by atoms with Gasteiger partial charge in [-0.2, -0.15) is 0 Å². The van der Waals surface area contributed by atoms with Crippen LogP contribution in [0.3, 0.4) is 0 Å². The van der Waals surface area contributed by atoms with E-state index >= 15 is 0 Å². The minimum Gasteiger partial charge on any atom is -0.461 e. The van der Waals surface area contributed by atoms with Gasteiger partial charge in [0.15, 0.2) is 5.69 Å². The van der Waals surface area contributed by atoms with Crippen LogP contribution < -0.4 is 0 Å². The Morgan fingerprint density at radius 2 is 1.87 bits per heavy atom. The topological polar surface area (TPSA) is 89.0 Å². The molecule has 7 nitrogen and oxygen atoms in total. The molecule has 0 spiro atoms. The predicted octanol–water partition coefficient (Wildman–Crippen LogP) is 4.91. The molecule has 0 fully saturated rings. The summed E-state index contributed by atoms with van der Waals surface area (Å²) in [6.07, 6.45) is 4.56. The zero-order chi connectivity index (χ0) is 22.5. The molecular formula is C22H38N2O5S. The monoisotopic (exact) mass is 442 g/mol. The lowest BCUT2D eigenvalue weighted by Crippen LogP contribution is -2.44. The Labute approximate surface area is 184 Å². The molecule has 30 heavy (non-hydrogen) atoms. The number of aromatic nitrogens is 1. The molecule has 0 aliphatic carbocycles. The van der Waals surface area contributed by atoms with Crippen molar-refractivity contribution in [3.05, 3.63) is 16.1 Å². The second-order valence-electron chi connectivity index (χ2n) is 7.72. The van der Waals surface area contributed by atoms with E-state index in [-0.39, 0.29) is 30.2 Å². The third-order valence-corrected chi connectivity index (χ3v) is 5.74. The van der Waals surface area contributed by atoms with Crippen LogP contribution in [0.1, 0.15) is 101 Å². The molecular weight excluding hydrogens is 404 g/mol. The number of nitrogens with zero attached hydrogens (tertiary/aromatic N) is 2. The number of thiazole rings is 1. The van der Waals surface area contributed by atoms with E-state index in [9.17, 15) is 14.7 Å². The van der Waals surface area contributed by atoms with Crippen LogP contribution in [0.4, 0.5) is 0 Å². The van der Waals surface area contributed by atoms with Crippen LogP contribution in [0.25, 0.3) is 0 Å². The second-order valence-corrected chi connectivity index (χ2v) is 8.61. The van der Waals surface area contributed by atoms with Gasteiger partial charge in [0, 0.05) is 18.2 Å². The highest BCUT2D eigenvalue weighted by Crippen LogP contribution is 2.28. The molecule has 0 aromatic carbocycles. The summed E-state index contributed by atoms with van der Waals surface area (Å²) in [5.74, 6) is -0.463. The molecule has 1 amide bonds. The normalized spacial score (nSPS) is 13.3.